The number of carbonyl (C=O) groups is 1. The number of ether oxygens (including phenoxy) is 1. The minimum atomic E-state index is -0.964. The highest BCUT2D eigenvalue weighted by atomic mass is 32.2. The minimum Gasteiger partial charge on any atom is -0.478 e. The van der Waals surface area contributed by atoms with Gasteiger partial charge in [-0.05, 0) is 48.9 Å². The van der Waals surface area contributed by atoms with Crippen molar-refractivity contribution in [1.29, 1.82) is 0 Å². The van der Waals surface area contributed by atoms with Crippen molar-refractivity contribution >= 4 is 17.7 Å². The zero-order valence-electron chi connectivity index (χ0n) is 16.8. The molecular formula is C21H26F2N2O3S. The molecule has 2 atom stereocenters. The summed E-state index contributed by atoms with van der Waals surface area (Å²) in [6.07, 6.45) is 1.89. The van der Waals surface area contributed by atoms with E-state index in [-0.39, 0.29) is 12.6 Å². The molecule has 2 aliphatic rings. The molecule has 2 heterocycles. The molecule has 0 spiro atoms. The first-order valence-corrected chi connectivity index (χ1v) is 10.7. The molecule has 8 heteroatoms. The molecule has 0 bridgehead atoms. The Morgan fingerprint density at radius 1 is 1.34 bits per heavy atom. The summed E-state index contributed by atoms with van der Waals surface area (Å²) in [6.45, 7) is 7.97. The molecule has 0 aliphatic carbocycles. The fraction of sp³-hybridized carbons (Fsp3) is 0.476. The lowest BCUT2D eigenvalue weighted by Crippen LogP contribution is -2.51. The third-order valence-corrected chi connectivity index (χ3v) is 6.29. The van der Waals surface area contributed by atoms with E-state index in [0.717, 1.165) is 17.6 Å². The van der Waals surface area contributed by atoms with Gasteiger partial charge in [-0.15, -0.1) is 11.8 Å². The number of morpholine rings is 1. The van der Waals surface area contributed by atoms with Crippen molar-refractivity contribution < 1.29 is 23.4 Å². The molecule has 2 aliphatic heterocycles. The highest BCUT2D eigenvalue weighted by molar-refractivity contribution is 8.00. The molecule has 0 aromatic heterocycles. The average molecular weight is 425 g/mol. The van der Waals surface area contributed by atoms with E-state index in [0.29, 0.717) is 36.5 Å². The van der Waals surface area contributed by atoms with Crippen LogP contribution in [0, 0.1) is 11.6 Å². The summed E-state index contributed by atoms with van der Waals surface area (Å²) in [5.41, 5.74) is 1.62. The van der Waals surface area contributed by atoms with Crippen molar-refractivity contribution in [3.63, 3.8) is 0 Å². The van der Waals surface area contributed by atoms with Crippen LogP contribution < -0.4 is 0 Å². The standard InChI is InChI=1S/C21H26F2N2O3S/c1-4-29-20-19(21(26)27)13(2)9-18(24-7-8-28-12-14(24)3)25(20)11-15-5-6-16(22)17(23)10-15/h5-6,9-10,14,20H,4,7-8,11-12H2,1-3H3,(H,26,27)/t14-,20?/m1/s1. The summed E-state index contributed by atoms with van der Waals surface area (Å²) in [4.78, 5) is 16.2. The second kappa shape index (κ2) is 9.17. The fourth-order valence-corrected chi connectivity index (χ4v) is 4.88. The Balaban J connectivity index is 2.05. The van der Waals surface area contributed by atoms with Gasteiger partial charge in [-0.1, -0.05) is 13.0 Å². The van der Waals surface area contributed by atoms with Gasteiger partial charge in [-0.3, -0.25) is 0 Å². The highest BCUT2D eigenvalue weighted by Crippen LogP contribution is 2.37. The van der Waals surface area contributed by atoms with Crippen LogP contribution in [0.4, 0.5) is 8.78 Å². The average Bonchev–Trinajstić information content (AvgIpc) is 2.67. The number of benzene rings is 1. The Morgan fingerprint density at radius 3 is 2.72 bits per heavy atom. The van der Waals surface area contributed by atoms with E-state index in [1.54, 1.807) is 0 Å². The van der Waals surface area contributed by atoms with Crippen LogP contribution >= 0.6 is 11.8 Å². The number of halogens is 2. The zero-order chi connectivity index (χ0) is 21.1. The van der Waals surface area contributed by atoms with Gasteiger partial charge in [0.2, 0.25) is 0 Å². The number of thioether (sulfide) groups is 1. The van der Waals surface area contributed by atoms with E-state index in [1.807, 2.05) is 24.8 Å². The van der Waals surface area contributed by atoms with Crippen LogP contribution in [-0.2, 0) is 16.1 Å². The molecule has 1 unspecified atom stereocenters. The lowest BCUT2D eigenvalue weighted by molar-refractivity contribution is -0.133. The molecule has 0 amide bonds. The Bertz CT molecular complexity index is 843. The maximum atomic E-state index is 13.8. The van der Waals surface area contributed by atoms with Crippen LogP contribution in [0.25, 0.3) is 0 Å². The first-order valence-electron chi connectivity index (χ1n) is 9.65. The van der Waals surface area contributed by atoms with Crippen LogP contribution in [0.5, 0.6) is 0 Å². The Kier molecular flexibility index (Phi) is 6.85. The molecule has 1 N–H and O–H groups in total. The van der Waals surface area contributed by atoms with Gasteiger partial charge in [0, 0.05) is 13.1 Å². The van der Waals surface area contributed by atoms with Gasteiger partial charge in [0.25, 0.3) is 0 Å². The molecule has 1 saturated heterocycles. The van der Waals surface area contributed by atoms with Crippen molar-refractivity contribution in [3.05, 3.63) is 58.4 Å². The molecule has 1 fully saturated rings. The maximum absolute atomic E-state index is 13.8. The van der Waals surface area contributed by atoms with Gasteiger partial charge in [0.1, 0.15) is 11.2 Å². The predicted octanol–water partition coefficient (Wildman–Crippen LogP) is 3.82. The van der Waals surface area contributed by atoms with Crippen LogP contribution in [-0.4, -0.2) is 57.8 Å². The number of rotatable bonds is 6. The number of hydrogen-bond donors (Lipinski definition) is 1. The molecule has 1 aromatic rings. The molecule has 158 valence electrons. The molecule has 0 saturated carbocycles. The van der Waals surface area contributed by atoms with Crippen molar-refractivity contribution in [2.75, 3.05) is 25.5 Å². The Hall–Kier alpha value is -2.06. The summed E-state index contributed by atoms with van der Waals surface area (Å²) >= 11 is 1.52. The van der Waals surface area contributed by atoms with Crippen LogP contribution in [0.1, 0.15) is 26.3 Å². The summed E-state index contributed by atoms with van der Waals surface area (Å²) in [6, 6.07) is 3.94. The number of carboxylic acid groups (broad SMARTS) is 1. The Morgan fingerprint density at radius 2 is 2.10 bits per heavy atom. The zero-order valence-corrected chi connectivity index (χ0v) is 17.6. The van der Waals surface area contributed by atoms with E-state index >= 15 is 0 Å². The molecule has 3 rings (SSSR count). The maximum Gasteiger partial charge on any atom is 0.334 e. The lowest BCUT2D eigenvalue weighted by atomic mass is 10.0. The van der Waals surface area contributed by atoms with Crippen molar-refractivity contribution in [3.8, 4) is 0 Å². The third-order valence-electron chi connectivity index (χ3n) is 5.15. The summed E-state index contributed by atoms with van der Waals surface area (Å²) in [7, 11) is 0. The van der Waals surface area contributed by atoms with Gasteiger partial charge in [0.05, 0.1) is 24.8 Å². The van der Waals surface area contributed by atoms with Gasteiger partial charge >= 0.3 is 5.97 Å². The number of nitrogens with zero attached hydrogens (tertiary/aromatic N) is 2. The number of hydrogen-bond acceptors (Lipinski definition) is 5. The highest BCUT2D eigenvalue weighted by Gasteiger charge is 2.37. The molecule has 5 nitrogen and oxygen atoms in total. The lowest BCUT2D eigenvalue weighted by Gasteiger charge is -2.46. The first kappa shape index (κ1) is 21.6. The predicted molar refractivity (Wildman–Crippen MR) is 109 cm³/mol. The smallest absolute Gasteiger partial charge is 0.334 e. The molecule has 1 aromatic carbocycles. The fourth-order valence-electron chi connectivity index (χ4n) is 3.74. The largest absolute Gasteiger partial charge is 0.478 e. The van der Waals surface area contributed by atoms with Crippen molar-refractivity contribution in [1.82, 2.24) is 9.80 Å². The minimum absolute atomic E-state index is 0.119. The van der Waals surface area contributed by atoms with E-state index in [1.165, 1.54) is 23.9 Å². The molecule has 29 heavy (non-hydrogen) atoms. The number of allylic oxidation sites excluding steroid dienone is 2. The van der Waals surface area contributed by atoms with Gasteiger partial charge < -0.3 is 19.6 Å². The summed E-state index contributed by atoms with van der Waals surface area (Å²) in [5.74, 6) is -1.16. The van der Waals surface area contributed by atoms with Gasteiger partial charge in [-0.2, -0.15) is 0 Å². The SMILES string of the molecule is CCSC1C(C(=O)O)=C(C)C=C(N2CCOC[C@H]2C)N1Cc1ccc(F)c(F)c1. The third kappa shape index (κ3) is 4.59. The van der Waals surface area contributed by atoms with Crippen LogP contribution in [0.2, 0.25) is 0 Å². The Labute approximate surface area is 174 Å². The van der Waals surface area contributed by atoms with Crippen LogP contribution in [0.15, 0.2) is 41.2 Å². The summed E-state index contributed by atoms with van der Waals surface area (Å²) < 4.78 is 32.8. The van der Waals surface area contributed by atoms with Crippen LogP contribution in [0.3, 0.4) is 0 Å². The first-order chi connectivity index (χ1) is 13.8. The second-order valence-corrected chi connectivity index (χ2v) is 8.56. The quantitative estimate of drug-likeness (QED) is 0.749. The topological polar surface area (TPSA) is 53.0 Å². The monoisotopic (exact) mass is 424 g/mol. The van der Waals surface area contributed by atoms with E-state index in [2.05, 4.69) is 11.8 Å². The summed E-state index contributed by atoms with van der Waals surface area (Å²) in [5, 5.41) is 9.42. The molecule has 0 radical (unpaired) electrons. The van der Waals surface area contributed by atoms with E-state index in [9.17, 15) is 18.7 Å². The van der Waals surface area contributed by atoms with Gasteiger partial charge in [-0.25, -0.2) is 13.6 Å². The van der Waals surface area contributed by atoms with E-state index < -0.39 is 23.0 Å². The number of carboxylic acids is 1. The van der Waals surface area contributed by atoms with Crippen molar-refractivity contribution in [2.45, 2.75) is 38.7 Å². The molecular weight excluding hydrogens is 398 g/mol. The second-order valence-electron chi connectivity index (χ2n) is 7.21. The number of aliphatic carboxylic acids is 1. The van der Waals surface area contributed by atoms with Crippen molar-refractivity contribution in [2.24, 2.45) is 0 Å². The van der Waals surface area contributed by atoms with E-state index in [4.69, 9.17) is 4.74 Å². The normalized spacial score (nSPS) is 22.7. The van der Waals surface area contributed by atoms with Gasteiger partial charge in [0.15, 0.2) is 11.6 Å².